The Morgan fingerprint density at radius 1 is 0.591 bits per heavy atom. The zero-order valence-corrected chi connectivity index (χ0v) is 16.4. The zero-order chi connectivity index (χ0) is 16.5. The summed E-state index contributed by atoms with van der Waals surface area (Å²) in [7, 11) is -2.71. The first-order valence-corrected chi connectivity index (χ1v) is 11.1. The van der Waals surface area contributed by atoms with E-state index < -0.39 is 8.97 Å². The Labute approximate surface area is 139 Å². The molecular weight excluding hydrogens is 294 g/mol. The summed E-state index contributed by atoms with van der Waals surface area (Å²) in [5, 5.41) is 0. The second kappa shape index (κ2) is 15.9. The third-order valence-corrected chi connectivity index (χ3v) is 5.93. The third-order valence-electron chi connectivity index (χ3n) is 3.49. The molecule has 0 saturated heterocycles. The van der Waals surface area contributed by atoms with Crippen molar-refractivity contribution in [1.29, 1.82) is 0 Å². The van der Waals surface area contributed by atoms with Gasteiger partial charge in [0.25, 0.3) is 0 Å². The zero-order valence-electron chi connectivity index (χ0n) is 15.4. The highest BCUT2D eigenvalue weighted by Gasteiger charge is 2.41. The maximum absolute atomic E-state index is 6.13. The van der Waals surface area contributed by atoms with E-state index in [1.807, 2.05) is 0 Å². The number of rotatable bonds is 17. The topological polar surface area (TPSA) is 39.7 Å². The molecule has 1 N–H and O–H groups in total. The van der Waals surface area contributed by atoms with Gasteiger partial charge in [0.1, 0.15) is 0 Å². The van der Waals surface area contributed by atoms with Crippen molar-refractivity contribution in [3.8, 4) is 0 Å². The first-order valence-electron chi connectivity index (χ1n) is 9.41. The van der Waals surface area contributed by atoms with Gasteiger partial charge in [-0.3, -0.25) is 4.98 Å². The Morgan fingerprint density at radius 2 is 1.00 bits per heavy atom. The van der Waals surface area contributed by atoms with Crippen LogP contribution in [0.1, 0.15) is 85.5 Å². The molecule has 0 radical (unpaired) electrons. The molecular formula is C17H39NO3Si. The van der Waals surface area contributed by atoms with Crippen LogP contribution >= 0.6 is 0 Å². The number of hydrogen-bond acceptors (Lipinski definition) is 4. The predicted octanol–water partition coefficient (Wildman–Crippen LogP) is 4.65. The van der Waals surface area contributed by atoms with Gasteiger partial charge in [0.05, 0.1) is 0 Å². The van der Waals surface area contributed by atoms with Crippen LogP contribution in [0.3, 0.4) is 0 Å². The Hall–Kier alpha value is 0.0569. The van der Waals surface area contributed by atoms with Crippen molar-refractivity contribution in [3.05, 3.63) is 0 Å². The van der Waals surface area contributed by atoms with Crippen LogP contribution in [0.2, 0.25) is 0 Å². The van der Waals surface area contributed by atoms with Crippen molar-refractivity contribution >= 4 is 8.97 Å². The van der Waals surface area contributed by atoms with E-state index in [1.54, 1.807) is 0 Å². The van der Waals surface area contributed by atoms with E-state index in [9.17, 15) is 0 Å². The van der Waals surface area contributed by atoms with E-state index in [1.165, 1.54) is 12.8 Å². The molecule has 0 rings (SSSR count). The Balaban J connectivity index is 4.53. The molecule has 0 aliphatic carbocycles. The average molecular weight is 334 g/mol. The summed E-state index contributed by atoms with van der Waals surface area (Å²) < 4.78 is 18.4. The molecule has 0 saturated carbocycles. The maximum Gasteiger partial charge on any atom is 0.596 e. The van der Waals surface area contributed by atoms with Gasteiger partial charge < -0.3 is 13.3 Å². The van der Waals surface area contributed by atoms with Crippen LogP contribution in [0.4, 0.5) is 0 Å². The molecule has 22 heavy (non-hydrogen) atoms. The van der Waals surface area contributed by atoms with Crippen LogP contribution in [-0.4, -0.2) is 35.3 Å². The number of unbranched alkanes of at least 4 members (excludes halogenated alkanes) is 5. The molecule has 0 heterocycles. The molecule has 0 aliphatic heterocycles. The number of hydrogen-bond donors (Lipinski definition) is 1. The molecule has 4 nitrogen and oxygen atoms in total. The molecule has 0 unspecified atom stereocenters. The highest BCUT2D eigenvalue weighted by Crippen LogP contribution is 2.11. The van der Waals surface area contributed by atoms with Crippen molar-refractivity contribution in [3.63, 3.8) is 0 Å². The molecule has 0 fully saturated rings. The van der Waals surface area contributed by atoms with Gasteiger partial charge in [-0.05, 0) is 32.2 Å². The van der Waals surface area contributed by atoms with Gasteiger partial charge in [-0.2, -0.15) is 0 Å². The summed E-state index contributed by atoms with van der Waals surface area (Å²) in [6, 6.07) is 0. The normalized spacial score (nSPS) is 12.0. The molecule has 0 bridgehead atoms. The fraction of sp³-hybridized carbons (Fsp3) is 1.00. The van der Waals surface area contributed by atoms with Crippen LogP contribution in [0.15, 0.2) is 0 Å². The minimum atomic E-state index is -2.71. The first-order chi connectivity index (χ1) is 10.7. The quantitative estimate of drug-likeness (QED) is 0.311. The van der Waals surface area contributed by atoms with Gasteiger partial charge in [0.2, 0.25) is 0 Å². The second-order valence-electron chi connectivity index (χ2n) is 5.80. The van der Waals surface area contributed by atoms with Crippen molar-refractivity contribution < 1.29 is 13.3 Å². The molecule has 0 aromatic carbocycles. The highest BCUT2D eigenvalue weighted by molar-refractivity contribution is 6.57. The highest BCUT2D eigenvalue weighted by atomic mass is 28.4. The summed E-state index contributed by atoms with van der Waals surface area (Å²) in [6.07, 6.45) is 10.2. The van der Waals surface area contributed by atoms with E-state index in [4.69, 9.17) is 13.3 Å². The molecule has 134 valence electrons. The summed E-state index contributed by atoms with van der Waals surface area (Å²) >= 11 is 0. The molecule has 0 amide bonds. The van der Waals surface area contributed by atoms with Crippen LogP contribution in [0.25, 0.3) is 0 Å². The minimum Gasteiger partial charge on any atom is -0.361 e. The SMILES string of the molecule is CCCCCN[Si](OCCCC)(OCCCC)OCCCC. The first kappa shape index (κ1) is 22.1. The average Bonchev–Trinajstić information content (AvgIpc) is 2.52. The van der Waals surface area contributed by atoms with Gasteiger partial charge in [0.15, 0.2) is 0 Å². The second-order valence-corrected chi connectivity index (χ2v) is 8.13. The van der Waals surface area contributed by atoms with Crippen LogP contribution in [0.5, 0.6) is 0 Å². The van der Waals surface area contributed by atoms with Crippen LogP contribution in [-0.2, 0) is 13.3 Å². The number of nitrogens with one attached hydrogen (secondary N) is 1. The van der Waals surface area contributed by atoms with E-state index in [0.717, 1.165) is 71.3 Å². The predicted molar refractivity (Wildman–Crippen MR) is 95.9 cm³/mol. The summed E-state index contributed by atoms with van der Waals surface area (Å²) in [5.41, 5.74) is 0. The van der Waals surface area contributed by atoms with Gasteiger partial charge >= 0.3 is 8.97 Å². The van der Waals surface area contributed by atoms with Gasteiger partial charge in [0, 0.05) is 19.8 Å². The lowest BCUT2D eigenvalue weighted by molar-refractivity contribution is 0.0455. The van der Waals surface area contributed by atoms with Crippen molar-refractivity contribution in [2.24, 2.45) is 0 Å². The lowest BCUT2D eigenvalue weighted by atomic mass is 10.3. The Bertz CT molecular complexity index is 203. The van der Waals surface area contributed by atoms with Crippen molar-refractivity contribution in [1.82, 2.24) is 4.98 Å². The molecule has 0 aromatic heterocycles. The summed E-state index contributed by atoms with van der Waals surface area (Å²) in [5.74, 6) is 0. The molecule has 0 aromatic rings. The van der Waals surface area contributed by atoms with Crippen LogP contribution in [0, 0.1) is 0 Å². The molecule has 0 atom stereocenters. The maximum atomic E-state index is 6.13. The van der Waals surface area contributed by atoms with E-state index in [-0.39, 0.29) is 0 Å². The monoisotopic (exact) mass is 333 g/mol. The largest absolute Gasteiger partial charge is 0.596 e. The van der Waals surface area contributed by atoms with Gasteiger partial charge in [-0.15, -0.1) is 0 Å². The lowest BCUT2D eigenvalue weighted by Gasteiger charge is -2.30. The minimum absolute atomic E-state index is 0.724. The smallest absolute Gasteiger partial charge is 0.361 e. The van der Waals surface area contributed by atoms with Crippen LogP contribution < -0.4 is 4.98 Å². The van der Waals surface area contributed by atoms with E-state index in [0.29, 0.717) is 0 Å². The Morgan fingerprint density at radius 3 is 1.36 bits per heavy atom. The van der Waals surface area contributed by atoms with Gasteiger partial charge in [-0.1, -0.05) is 59.8 Å². The third kappa shape index (κ3) is 11.6. The van der Waals surface area contributed by atoms with E-state index >= 15 is 0 Å². The molecule has 0 aliphatic rings. The Kier molecular flexibility index (Phi) is 16.0. The summed E-state index contributed by atoms with van der Waals surface area (Å²) in [6.45, 7) is 11.8. The standard InChI is InChI=1S/C17H39NO3Si/c1-5-9-13-14-18-22(19-15-10-6-2,20-16-11-7-3)21-17-12-8-4/h18H,5-17H2,1-4H3. The molecule has 5 heteroatoms. The van der Waals surface area contributed by atoms with Gasteiger partial charge in [-0.25, -0.2) is 0 Å². The van der Waals surface area contributed by atoms with Crippen molar-refractivity contribution in [2.45, 2.75) is 85.5 Å². The molecule has 0 spiro atoms. The fourth-order valence-electron chi connectivity index (χ4n) is 1.95. The van der Waals surface area contributed by atoms with Crippen molar-refractivity contribution in [2.75, 3.05) is 26.4 Å². The fourth-order valence-corrected chi connectivity index (χ4v) is 4.23. The lowest BCUT2D eigenvalue weighted by Crippen LogP contribution is -2.59. The summed E-state index contributed by atoms with van der Waals surface area (Å²) in [4.78, 5) is 3.52. The van der Waals surface area contributed by atoms with E-state index in [2.05, 4.69) is 32.7 Å².